The molecule has 6 nitrogen and oxygen atoms in total. The third-order valence-electron chi connectivity index (χ3n) is 1.17. The lowest BCUT2D eigenvalue weighted by atomic mass is 10.4. The predicted octanol–water partition coefficient (Wildman–Crippen LogP) is 0.275. The first-order valence-electron chi connectivity index (χ1n) is 2.85. The van der Waals surface area contributed by atoms with Gasteiger partial charge in [-0.25, -0.2) is 0 Å². The molecule has 1 rings (SSSR count). The smallest absolute Gasteiger partial charge is 0.394 e. The molecule has 1 aromatic rings. The van der Waals surface area contributed by atoms with Crippen LogP contribution in [0.25, 0.3) is 0 Å². The molecule has 0 aliphatic rings. The maximum atomic E-state index is 10.1. The number of nitro groups is 1. The molecule has 6 heteroatoms. The van der Waals surface area contributed by atoms with Crippen molar-refractivity contribution in [1.29, 1.82) is 0 Å². The molecule has 0 saturated carbocycles. The van der Waals surface area contributed by atoms with Gasteiger partial charge in [0.2, 0.25) is 0 Å². The summed E-state index contributed by atoms with van der Waals surface area (Å²) < 4.78 is 0. The van der Waals surface area contributed by atoms with Crippen molar-refractivity contribution in [3.05, 3.63) is 22.0 Å². The van der Waals surface area contributed by atoms with Crippen LogP contribution in [0.1, 0.15) is 5.69 Å². The van der Waals surface area contributed by atoms with E-state index >= 15 is 0 Å². The maximum absolute atomic E-state index is 10.1. The van der Waals surface area contributed by atoms with E-state index in [2.05, 4.69) is 9.97 Å². The first-order valence-corrected chi connectivity index (χ1v) is 2.85. The van der Waals surface area contributed by atoms with Crippen LogP contribution in [0, 0.1) is 17.0 Å². The van der Waals surface area contributed by atoms with Crippen LogP contribution in [-0.4, -0.2) is 14.9 Å². The summed E-state index contributed by atoms with van der Waals surface area (Å²) in [4.78, 5) is 16.4. The molecule has 0 aliphatic carbocycles. The zero-order chi connectivity index (χ0) is 8.43. The molecule has 1 heterocycles. The number of hydrogen-bond donors (Lipinski definition) is 1. The van der Waals surface area contributed by atoms with Gasteiger partial charge >= 0.3 is 5.95 Å². The summed E-state index contributed by atoms with van der Waals surface area (Å²) in [7, 11) is 0. The number of aryl methyl sites for hydroxylation is 1. The fourth-order valence-corrected chi connectivity index (χ4v) is 0.552. The Kier molecular flexibility index (Phi) is 1.67. The first kappa shape index (κ1) is 7.39. The van der Waals surface area contributed by atoms with Crippen molar-refractivity contribution < 1.29 is 4.92 Å². The molecule has 2 N–H and O–H groups in total. The van der Waals surface area contributed by atoms with Crippen molar-refractivity contribution in [3.8, 4) is 0 Å². The lowest BCUT2D eigenvalue weighted by Crippen LogP contribution is -2.00. The van der Waals surface area contributed by atoms with E-state index in [0.717, 1.165) is 0 Å². The molecule has 58 valence electrons. The highest BCUT2D eigenvalue weighted by Gasteiger charge is 2.10. The molecule has 0 saturated heterocycles. The highest BCUT2D eigenvalue weighted by atomic mass is 16.6. The van der Waals surface area contributed by atoms with E-state index in [9.17, 15) is 10.1 Å². The van der Waals surface area contributed by atoms with Crippen molar-refractivity contribution in [2.75, 3.05) is 5.73 Å². The third-order valence-corrected chi connectivity index (χ3v) is 1.17. The van der Waals surface area contributed by atoms with Crippen molar-refractivity contribution in [3.63, 3.8) is 0 Å². The minimum absolute atomic E-state index is 0.357. The zero-order valence-corrected chi connectivity index (χ0v) is 5.81. The molecule has 11 heavy (non-hydrogen) atoms. The van der Waals surface area contributed by atoms with Crippen LogP contribution in [0.4, 0.5) is 11.6 Å². The first-order chi connectivity index (χ1) is 5.11. The second-order valence-electron chi connectivity index (χ2n) is 1.97. The number of aromatic nitrogens is 2. The molecule has 0 radical (unpaired) electrons. The molecular formula is C5H6N4O2. The van der Waals surface area contributed by atoms with Gasteiger partial charge in [-0.05, 0) is 11.8 Å². The predicted molar refractivity (Wildman–Crippen MR) is 37.8 cm³/mol. The molecule has 0 unspecified atom stereocenters. The van der Waals surface area contributed by atoms with E-state index in [0.29, 0.717) is 11.4 Å². The number of nitrogens with zero attached hydrogens (tertiary/aromatic N) is 3. The fourth-order valence-electron chi connectivity index (χ4n) is 0.552. The van der Waals surface area contributed by atoms with Gasteiger partial charge in [0.1, 0.15) is 17.6 Å². The van der Waals surface area contributed by atoms with Crippen LogP contribution in [0.5, 0.6) is 0 Å². The van der Waals surface area contributed by atoms with Crippen molar-refractivity contribution in [2.24, 2.45) is 0 Å². The summed E-state index contributed by atoms with van der Waals surface area (Å²) in [5.74, 6) is -0.420. The second kappa shape index (κ2) is 2.49. The van der Waals surface area contributed by atoms with E-state index in [1.807, 2.05) is 0 Å². The summed E-state index contributed by atoms with van der Waals surface area (Å²) in [6.45, 7) is 1.59. The lowest BCUT2D eigenvalue weighted by molar-refractivity contribution is -0.394. The Bertz CT molecular complexity index is 299. The van der Waals surface area contributed by atoms with Gasteiger partial charge in [-0.1, -0.05) is 9.97 Å². The molecule has 0 aliphatic heterocycles. The SMILES string of the molecule is Cc1nc([N+](=O)[O-])ncc1N. The van der Waals surface area contributed by atoms with Gasteiger partial charge in [0.05, 0.1) is 0 Å². The summed E-state index contributed by atoms with van der Waals surface area (Å²) in [6.07, 6.45) is 1.22. The van der Waals surface area contributed by atoms with Gasteiger partial charge < -0.3 is 15.8 Å². The Labute approximate surface area is 62.2 Å². The normalized spacial score (nSPS) is 9.55. The lowest BCUT2D eigenvalue weighted by Gasteiger charge is -1.93. The van der Waals surface area contributed by atoms with Crippen LogP contribution in [0.3, 0.4) is 0 Å². The Hall–Kier alpha value is -1.72. The standard InChI is InChI=1S/C5H6N4O2/c1-3-4(6)2-7-5(8-3)9(10)11/h2H,6H2,1H3. The number of hydrogen-bond acceptors (Lipinski definition) is 5. The van der Waals surface area contributed by atoms with E-state index < -0.39 is 10.9 Å². The van der Waals surface area contributed by atoms with Crippen LogP contribution in [0.15, 0.2) is 6.20 Å². The topological polar surface area (TPSA) is 94.9 Å². The number of anilines is 1. The molecule has 1 aromatic heterocycles. The quantitative estimate of drug-likeness (QED) is 0.462. The fraction of sp³-hybridized carbons (Fsp3) is 0.200. The molecule has 0 atom stereocenters. The number of nitrogen functional groups attached to an aromatic ring is 1. The molecule has 0 bridgehead atoms. The van der Waals surface area contributed by atoms with E-state index in [4.69, 9.17) is 5.73 Å². The highest BCUT2D eigenvalue weighted by molar-refractivity contribution is 5.40. The van der Waals surface area contributed by atoms with Crippen LogP contribution in [0.2, 0.25) is 0 Å². The minimum Gasteiger partial charge on any atom is -0.394 e. The summed E-state index contributed by atoms with van der Waals surface area (Å²) in [5.41, 5.74) is 6.12. The number of rotatable bonds is 1. The van der Waals surface area contributed by atoms with Gasteiger partial charge in [-0.2, -0.15) is 0 Å². The van der Waals surface area contributed by atoms with Crippen molar-refractivity contribution >= 4 is 11.6 Å². The molecular weight excluding hydrogens is 148 g/mol. The Morgan fingerprint density at radius 3 is 2.82 bits per heavy atom. The monoisotopic (exact) mass is 154 g/mol. The van der Waals surface area contributed by atoms with Gasteiger partial charge in [-0.3, -0.25) is 0 Å². The Balaban J connectivity index is 3.15. The van der Waals surface area contributed by atoms with E-state index in [1.54, 1.807) is 6.92 Å². The average Bonchev–Trinajstić information content (AvgIpc) is 1.94. The van der Waals surface area contributed by atoms with Crippen LogP contribution < -0.4 is 5.73 Å². The van der Waals surface area contributed by atoms with Gasteiger partial charge in [0.25, 0.3) is 0 Å². The van der Waals surface area contributed by atoms with Crippen molar-refractivity contribution in [1.82, 2.24) is 9.97 Å². The third kappa shape index (κ3) is 1.40. The molecule has 0 spiro atoms. The number of nitrogens with two attached hydrogens (primary N) is 1. The van der Waals surface area contributed by atoms with Gasteiger partial charge in [0.15, 0.2) is 0 Å². The Morgan fingerprint density at radius 2 is 2.36 bits per heavy atom. The zero-order valence-electron chi connectivity index (χ0n) is 5.81. The van der Waals surface area contributed by atoms with Gasteiger partial charge in [-0.15, -0.1) is 0 Å². The maximum Gasteiger partial charge on any atom is 0.468 e. The van der Waals surface area contributed by atoms with Crippen molar-refractivity contribution in [2.45, 2.75) is 6.92 Å². The van der Waals surface area contributed by atoms with Gasteiger partial charge in [0, 0.05) is 0 Å². The average molecular weight is 154 g/mol. The summed E-state index contributed by atoms with van der Waals surface area (Å²) in [6, 6.07) is 0. The molecule has 0 aromatic carbocycles. The van der Waals surface area contributed by atoms with Crippen LogP contribution >= 0.6 is 0 Å². The Morgan fingerprint density at radius 1 is 1.73 bits per heavy atom. The largest absolute Gasteiger partial charge is 0.468 e. The van der Waals surface area contributed by atoms with E-state index in [1.165, 1.54) is 6.20 Å². The minimum atomic E-state index is -0.660. The van der Waals surface area contributed by atoms with Crippen LogP contribution in [-0.2, 0) is 0 Å². The molecule has 0 fully saturated rings. The van der Waals surface area contributed by atoms with E-state index in [-0.39, 0.29) is 0 Å². The highest BCUT2D eigenvalue weighted by Crippen LogP contribution is 2.08. The second-order valence-corrected chi connectivity index (χ2v) is 1.97. The molecule has 0 amide bonds. The summed E-state index contributed by atoms with van der Waals surface area (Å²) in [5, 5.41) is 10.1. The summed E-state index contributed by atoms with van der Waals surface area (Å²) >= 11 is 0.